The van der Waals surface area contributed by atoms with E-state index in [9.17, 15) is 4.79 Å². The number of halogens is 1. The highest BCUT2D eigenvalue weighted by Gasteiger charge is 2.16. The van der Waals surface area contributed by atoms with E-state index in [1.54, 1.807) is 11.3 Å². The molecule has 0 aliphatic rings. The molecule has 2 heterocycles. The highest BCUT2D eigenvalue weighted by Crippen LogP contribution is 2.30. The smallest absolute Gasteiger partial charge is 0.205 e. The lowest BCUT2D eigenvalue weighted by Gasteiger charge is -2.01. The molecule has 17 heavy (non-hydrogen) atoms. The fraction of sp³-hybridized carbons (Fsp3) is 0. The molecular weight excluding hydrogens is 316 g/mol. The summed E-state index contributed by atoms with van der Waals surface area (Å²) in [6.07, 6.45) is 0. The molecule has 0 aliphatic heterocycles. The molecule has 0 radical (unpaired) electrons. The SMILES string of the molecule is O=C(c1sccc1Br)c1cccc2ccsc12. The van der Waals surface area contributed by atoms with Gasteiger partial charge in [-0.3, -0.25) is 4.79 Å². The quantitative estimate of drug-likeness (QED) is 0.610. The summed E-state index contributed by atoms with van der Waals surface area (Å²) in [7, 11) is 0. The number of thiophene rings is 2. The normalized spacial score (nSPS) is 10.9. The molecule has 3 aromatic rings. The Hall–Kier alpha value is -0.970. The molecule has 0 bridgehead atoms. The monoisotopic (exact) mass is 322 g/mol. The van der Waals surface area contributed by atoms with E-state index in [-0.39, 0.29) is 5.78 Å². The Morgan fingerprint density at radius 3 is 2.65 bits per heavy atom. The van der Waals surface area contributed by atoms with E-state index in [0.29, 0.717) is 0 Å². The van der Waals surface area contributed by atoms with E-state index in [1.165, 1.54) is 11.3 Å². The van der Waals surface area contributed by atoms with Crippen molar-refractivity contribution < 1.29 is 4.79 Å². The van der Waals surface area contributed by atoms with Crippen molar-refractivity contribution in [2.75, 3.05) is 0 Å². The second-order valence-electron chi connectivity index (χ2n) is 3.57. The standard InChI is InChI=1S/C13H7BrOS2/c14-10-5-7-17-13(10)11(15)9-3-1-2-8-4-6-16-12(8)9/h1-7H. The van der Waals surface area contributed by atoms with Crippen LogP contribution in [-0.2, 0) is 0 Å². The number of fused-ring (bicyclic) bond motifs is 1. The van der Waals surface area contributed by atoms with Crippen molar-refractivity contribution >= 4 is 54.5 Å². The summed E-state index contributed by atoms with van der Waals surface area (Å²) in [4.78, 5) is 13.2. The van der Waals surface area contributed by atoms with Gasteiger partial charge in [0, 0.05) is 14.7 Å². The van der Waals surface area contributed by atoms with Crippen LogP contribution in [0.4, 0.5) is 0 Å². The van der Waals surface area contributed by atoms with Crippen molar-refractivity contribution in [2.24, 2.45) is 0 Å². The average Bonchev–Trinajstić information content (AvgIpc) is 2.95. The fourth-order valence-corrected chi connectivity index (χ4v) is 4.17. The number of carbonyl (C=O) groups is 1. The topological polar surface area (TPSA) is 17.1 Å². The summed E-state index contributed by atoms with van der Waals surface area (Å²) in [6, 6.07) is 9.82. The second kappa shape index (κ2) is 4.37. The lowest BCUT2D eigenvalue weighted by atomic mass is 10.1. The molecule has 0 saturated heterocycles. The molecule has 3 rings (SSSR count). The van der Waals surface area contributed by atoms with E-state index in [0.717, 1.165) is 25.0 Å². The second-order valence-corrected chi connectivity index (χ2v) is 6.26. The largest absolute Gasteiger partial charge is 0.288 e. The zero-order chi connectivity index (χ0) is 11.8. The van der Waals surface area contributed by atoms with Crippen LogP contribution in [0, 0.1) is 0 Å². The molecule has 0 fully saturated rings. The van der Waals surface area contributed by atoms with Crippen LogP contribution < -0.4 is 0 Å². The van der Waals surface area contributed by atoms with Gasteiger partial charge in [0.1, 0.15) is 0 Å². The highest BCUT2D eigenvalue weighted by molar-refractivity contribution is 9.10. The van der Waals surface area contributed by atoms with Crippen LogP contribution in [0.5, 0.6) is 0 Å². The zero-order valence-electron chi connectivity index (χ0n) is 8.64. The van der Waals surface area contributed by atoms with Gasteiger partial charge in [0.2, 0.25) is 5.78 Å². The van der Waals surface area contributed by atoms with Gasteiger partial charge in [-0.1, -0.05) is 12.1 Å². The molecule has 0 unspecified atom stereocenters. The average molecular weight is 323 g/mol. The molecule has 1 aromatic carbocycles. The Morgan fingerprint density at radius 2 is 1.88 bits per heavy atom. The molecule has 0 saturated carbocycles. The maximum atomic E-state index is 12.4. The number of hydrogen-bond acceptors (Lipinski definition) is 3. The van der Waals surface area contributed by atoms with Crippen LogP contribution in [0.15, 0.2) is 45.6 Å². The van der Waals surface area contributed by atoms with E-state index in [1.807, 2.05) is 41.1 Å². The van der Waals surface area contributed by atoms with Crippen LogP contribution >= 0.6 is 38.6 Å². The van der Waals surface area contributed by atoms with Gasteiger partial charge in [0.15, 0.2) is 0 Å². The number of benzene rings is 1. The van der Waals surface area contributed by atoms with Crippen LogP contribution in [0.25, 0.3) is 10.1 Å². The van der Waals surface area contributed by atoms with Gasteiger partial charge in [-0.2, -0.15) is 0 Å². The number of hydrogen-bond donors (Lipinski definition) is 0. The van der Waals surface area contributed by atoms with E-state index in [4.69, 9.17) is 0 Å². The van der Waals surface area contributed by atoms with Crippen molar-refractivity contribution in [2.45, 2.75) is 0 Å². The van der Waals surface area contributed by atoms with Crippen molar-refractivity contribution in [1.29, 1.82) is 0 Å². The van der Waals surface area contributed by atoms with Crippen molar-refractivity contribution in [1.82, 2.24) is 0 Å². The molecule has 0 amide bonds. The molecular formula is C13H7BrOS2. The van der Waals surface area contributed by atoms with Crippen LogP contribution in [0.1, 0.15) is 15.2 Å². The number of rotatable bonds is 2. The van der Waals surface area contributed by atoms with Gasteiger partial charge in [0.25, 0.3) is 0 Å². The van der Waals surface area contributed by atoms with Gasteiger partial charge in [-0.25, -0.2) is 0 Å². The Labute approximate surface area is 115 Å². The first-order valence-electron chi connectivity index (χ1n) is 5.01. The van der Waals surface area contributed by atoms with Crippen molar-refractivity contribution in [3.8, 4) is 0 Å². The minimum Gasteiger partial charge on any atom is -0.288 e. The Balaban J connectivity index is 2.19. The number of ketones is 1. The van der Waals surface area contributed by atoms with Gasteiger partial charge in [-0.05, 0) is 50.3 Å². The minimum atomic E-state index is 0.0972. The van der Waals surface area contributed by atoms with Crippen LogP contribution in [0.2, 0.25) is 0 Å². The van der Waals surface area contributed by atoms with Crippen molar-refractivity contribution in [3.05, 3.63) is 56.0 Å². The fourth-order valence-electron chi connectivity index (χ4n) is 1.75. The lowest BCUT2D eigenvalue weighted by Crippen LogP contribution is -1.99. The highest BCUT2D eigenvalue weighted by atomic mass is 79.9. The van der Waals surface area contributed by atoms with E-state index in [2.05, 4.69) is 15.9 Å². The summed E-state index contributed by atoms with van der Waals surface area (Å²) in [6.45, 7) is 0. The summed E-state index contributed by atoms with van der Waals surface area (Å²) < 4.78 is 1.94. The third kappa shape index (κ3) is 1.86. The molecule has 4 heteroatoms. The summed E-state index contributed by atoms with van der Waals surface area (Å²) in [5.41, 5.74) is 0.792. The third-order valence-corrected chi connectivity index (χ3v) is 5.35. The molecule has 0 N–H and O–H groups in total. The predicted octanol–water partition coefficient (Wildman–Crippen LogP) is 4.96. The van der Waals surface area contributed by atoms with Gasteiger partial charge < -0.3 is 0 Å². The summed E-state index contributed by atoms with van der Waals surface area (Å²) >= 11 is 6.50. The van der Waals surface area contributed by atoms with E-state index >= 15 is 0 Å². The van der Waals surface area contributed by atoms with Gasteiger partial charge in [-0.15, -0.1) is 22.7 Å². The molecule has 0 aliphatic carbocycles. The summed E-state index contributed by atoms with van der Waals surface area (Å²) in [5.74, 6) is 0.0972. The van der Waals surface area contributed by atoms with Crippen molar-refractivity contribution in [3.63, 3.8) is 0 Å². The first-order chi connectivity index (χ1) is 8.27. The lowest BCUT2D eigenvalue weighted by molar-refractivity contribution is 0.104. The molecule has 0 spiro atoms. The summed E-state index contributed by atoms with van der Waals surface area (Å²) in [5, 5.41) is 5.07. The minimum absolute atomic E-state index is 0.0972. The van der Waals surface area contributed by atoms with Gasteiger partial charge >= 0.3 is 0 Å². The zero-order valence-corrected chi connectivity index (χ0v) is 11.9. The maximum absolute atomic E-state index is 12.4. The molecule has 2 aromatic heterocycles. The molecule has 0 atom stereocenters. The Kier molecular flexibility index (Phi) is 2.86. The van der Waals surface area contributed by atoms with E-state index < -0.39 is 0 Å². The predicted molar refractivity (Wildman–Crippen MR) is 77.3 cm³/mol. The van der Waals surface area contributed by atoms with Crippen LogP contribution in [-0.4, -0.2) is 5.78 Å². The molecule has 1 nitrogen and oxygen atoms in total. The van der Waals surface area contributed by atoms with Crippen LogP contribution in [0.3, 0.4) is 0 Å². The Bertz CT molecular complexity index is 696. The Morgan fingerprint density at radius 1 is 1.06 bits per heavy atom. The first kappa shape index (κ1) is 11.1. The van der Waals surface area contributed by atoms with Gasteiger partial charge in [0.05, 0.1) is 4.88 Å². The maximum Gasteiger partial charge on any atom is 0.205 e. The number of carbonyl (C=O) groups excluding carboxylic acids is 1. The first-order valence-corrected chi connectivity index (χ1v) is 7.56. The molecule has 84 valence electrons. The third-order valence-electron chi connectivity index (χ3n) is 2.55.